The van der Waals surface area contributed by atoms with E-state index in [1.54, 1.807) is 25.1 Å². The van der Waals surface area contributed by atoms with Gasteiger partial charge in [0.05, 0.1) is 12.1 Å². The summed E-state index contributed by atoms with van der Waals surface area (Å²) < 4.78 is 5.13. The molecule has 1 fully saturated rings. The molecule has 0 radical (unpaired) electrons. The molecule has 1 saturated heterocycles. The average Bonchev–Trinajstić information content (AvgIpc) is 2.54. The second kappa shape index (κ2) is 4.46. The molecule has 0 bridgehead atoms. The minimum Gasteiger partial charge on any atom is -0.351 e. The van der Waals surface area contributed by atoms with E-state index in [1.165, 1.54) is 7.11 Å². The van der Waals surface area contributed by atoms with Gasteiger partial charge in [-0.15, -0.1) is 0 Å². The second-order valence-electron chi connectivity index (χ2n) is 3.92. The predicted octanol–water partition coefficient (Wildman–Crippen LogP) is 3.02. The van der Waals surface area contributed by atoms with Gasteiger partial charge in [-0.25, -0.2) is 4.84 Å². The van der Waals surface area contributed by atoms with Crippen LogP contribution in [0.25, 0.3) is 0 Å². The standard InChI is InChI=1S/C11H11Cl2NO3/c1-11(16-2)6-10(15)14(17-11)9-4-7(12)3-8(13)5-9/h3-5H,6H2,1-2H3/t11-/m0/s1. The minimum absolute atomic E-state index is 0.146. The van der Waals surface area contributed by atoms with Crippen LogP contribution in [0.5, 0.6) is 0 Å². The molecule has 6 heteroatoms. The van der Waals surface area contributed by atoms with Crippen molar-refractivity contribution in [3.8, 4) is 0 Å². The average molecular weight is 276 g/mol. The van der Waals surface area contributed by atoms with E-state index in [0.717, 1.165) is 5.06 Å². The Labute approximate surface area is 109 Å². The minimum atomic E-state index is -0.939. The van der Waals surface area contributed by atoms with Gasteiger partial charge in [0, 0.05) is 17.2 Å². The fraction of sp³-hybridized carbons (Fsp3) is 0.364. The zero-order valence-electron chi connectivity index (χ0n) is 9.37. The third kappa shape index (κ3) is 2.55. The molecule has 0 spiro atoms. The summed E-state index contributed by atoms with van der Waals surface area (Å²) in [6.07, 6.45) is 0.146. The summed E-state index contributed by atoms with van der Waals surface area (Å²) in [5.74, 6) is -1.14. The van der Waals surface area contributed by atoms with Crippen LogP contribution >= 0.6 is 23.2 Å². The van der Waals surface area contributed by atoms with Crippen LogP contribution in [0.15, 0.2) is 18.2 Å². The maximum Gasteiger partial charge on any atom is 0.256 e. The van der Waals surface area contributed by atoms with Crippen LogP contribution in [0.3, 0.4) is 0 Å². The van der Waals surface area contributed by atoms with E-state index in [1.807, 2.05) is 0 Å². The number of carbonyl (C=O) groups is 1. The molecule has 0 saturated carbocycles. The molecule has 0 aromatic heterocycles. The Kier molecular flexibility index (Phi) is 3.32. The van der Waals surface area contributed by atoms with Crippen molar-refractivity contribution in [3.05, 3.63) is 28.2 Å². The molecular weight excluding hydrogens is 265 g/mol. The number of hydrogen-bond donors (Lipinski definition) is 0. The molecule has 92 valence electrons. The van der Waals surface area contributed by atoms with E-state index >= 15 is 0 Å². The third-order valence-electron chi connectivity index (χ3n) is 2.50. The molecule has 0 N–H and O–H groups in total. The van der Waals surface area contributed by atoms with Gasteiger partial charge < -0.3 is 4.74 Å². The molecule has 1 aliphatic heterocycles. The van der Waals surface area contributed by atoms with Gasteiger partial charge >= 0.3 is 0 Å². The summed E-state index contributed by atoms with van der Waals surface area (Å²) in [5, 5.41) is 2.03. The van der Waals surface area contributed by atoms with Gasteiger partial charge in [-0.05, 0) is 25.1 Å². The van der Waals surface area contributed by atoms with E-state index in [-0.39, 0.29) is 12.3 Å². The summed E-state index contributed by atoms with van der Waals surface area (Å²) >= 11 is 11.7. The van der Waals surface area contributed by atoms with Crippen LogP contribution < -0.4 is 5.06 Å². The molecule has 1 aliphatic rings. The Balaban J connectivity index is 2.32. The lowest BCUT2D eigenvalue weighted by Crippen LogP contribution is -2.29. The van der Waals surface area contributed by atoms with Gasteiger partial charge in [0.2, 0.25) is 5.79 Å². The van der Waals surface area contributed by atoms with Crippen LogP contribution in [0.4, 0.5) is 5.69 Å². The lowest BCUT2D eigenvalue weighted by atomic mass is 10.2. The number of hydrogen-bond acceptors (Lipinski definition) is 3. The van der Waals surface area contributed by atoms with Crippen LogP contribution in [-0.4, -0.2) is 18.8 Å². The lowest BCUT2D eigenvalue weighted by Gasteiger charge is -2.22. The maximum atomic E-state index is 11.8. The molecule has 1 aromatic rings. The number of rotatable bonds is 2. The van der Waals surface area contributed by atoms with E-state index in [4.69, 9.17) is 32.8 Å². The molecule has 1 atom stereocenters. The van der Waals surface area contributed by atoms with Gasteiger partial charge in [0.25, 0.3) is 5.91 Å². The number of nitrogens with zero attached hydrogens (tertiary/aromatic N) is 1. The van der Waals surface area contributed by atoms with Gasteiger partial charge in [0.15, 0.2) is 0 Å². The molecule has 17 heavy (non-hydrogen) atoms. The van der Waals surface area contributed by atoms with Crippen molar-refractivity contribution in [1.82, 2.24) is 0 Å². The Hall–Kier alpha value is -0.810. The van der Waals surface area contributed by atoms with Crippen molar-refractivity contribution in [2.75, 3.05) is 12.2 Å². The van der Waals surface area contributed by atoms with Crippen molar-refractivity contribution in [2.24, 2.45) is 0 Å². The van der Waals surface area contributed by atoms with Crippen molar-refractivity contribution in [2.45, 2.75) is 19.1 Å². The molecule has 2 rings (SSSR count). The third-order valence-corrected chi connectivity index (χ3v) is 2.93. The highest BCUT2D eigenvalue weighted by atomic mass is 35.5. The molecule has 0 unspecified atom stereocenters. The van der Waals surface area contributed by atoms with Gasteiger partial charge in [-0.1, -0.05) is 23.2 Å². The van der Waals surface area contributed by atoms with Crippen LogP contribution in [-0.2, 0) is 14.4 Å². The van der Waals surface area contributed by atoms with Crippen molar-refractivity contribution in [3.63, 3.8) is 0 Å². The topological polar surface area (TPSA) is 38.8 Å². The first kappa shape index (κ1) is 12.6. The number of amides is 1. The number of methoxy groups -OCH3 is 1. The first-order valence-corrected chi connectivity index (χ1v) is 5.72. The first-order chi connectivity index (χ1) is 7.93. The van der Waals surface area contributed by atoms with Gasteiger partial charge in [-0.2, -0.15) is 5.06 Å². The zero-order chi connectivity index (χ0) is 12.6. The molecule has 1 amide bonds. The van der Waals surface area contributed by atoms with Gasteiger partial charge in [-0.3, -0.25) is 4.79 Å². The largest absolute Gasteiger partial charge is 0.351 e. The Bertz CT molecular complexity index is 446. The number of hydroxylamine groups is 1. The number of anilines is 1. The van der Waals surface area contributed by atoms with Gasteiger partial charge in [0.1, 0.15) is 0 Å². The summed E-state index contributed by atoms with van der Waals surface area (Å²) in [5.41, 5.74) is 0.494. The van der Waals surface area contributed by atoms with E-state index < -0.39 is 5.79 Å². The lowest BCUT2D eigenvalue weighted by molar-refractivity contribution is -0.186. The number of halogens is 2. The van der Waals surface area contributed by atoms with Crippen molar-refractivity contribution in [1.29, 1.82) is 0 Å². The molecular formula is C11H11Cl2NO3. The van der Waals surface area contributed by atoms with Crippen LogP contribution in [0.1, 0.15) is 13.3 Å². The highest BCUT2D eigenvalue weighted by Gasteiger charge is 2.42. The second-order valence-corrected chi connectivity index (χ2v) is 4.79. The number of carbonyl (C=O) groups excluding carboxylic acids is 1. The predicted molar refractivity (Wildman–Crippen MR) is 65.1 cm³/mol. The number of benzene rings is 1. The highest BCUT2D eigenvalue weighted by molar-refractivity contribution is 6.35. The van der Waals surface area contributed by atoms with Crippen LogP contribution in [0, 0.1) is 0 Å². The first-order valence-electron chi connectivity index (χ1n) is 4.97. The quantitative estimate of drug-likeness (QED) is 0.833. The molecule has 0 aliphatic carbocycles. The fourth-order valence-electron chi connectivity index (χ4n) is 1.59. The normalized spacial score (nSPS) is 24.5. The van der Waals surface area contributed by atoms with Crippen molar-refractivity contribution >= 4 is 34.8 Å². The molecule has 1 aromatic carbocycles. The highest BCUT2D eigenvalue weighted by Crippen LogP contribution is 2.34. The summed E-state index contributed by atoms with van der Waals surface area (Å²) in [6.45, 7) is 1.69. The van der Waals surface area contributed by atoms with E-state index in [2.05, 4.69) is 0 Å². The van der Waals surface area contributed by atoms with E-state index in [9.17, 15) is 4.79 Å². The zero-order valence-corrected chi connectivity index (χ0v) is 10.9. The summed E-state index contributed by atoms with van der Waals surface area (Å²) in [7, 11) is 1.49. The summed E-state index contributed by atoms with van der Waals surface area (Å²) in [4.78, 5) is 17.3. The summed E-state index contributed by atoms with van der Waals surface area (Å²) in [6, 6.07) is 4.79. The van der Waals surface area contributed by atoms with Crippen LogP contribution in [0.2, 0.25) is 10.0 Å². The Morgan fingerprint density at radius 3 is 2.41 bits per heavy atom. The Morgan fingerprint density at radius 1 is 1.35 bits per heavy atom. The van der Waals surface area contributed by atoms with Crippen molar-refractivity contribution < 1.29 is 14.4 Å². The van der Waals surface area contributed by atoms with E-state index in [0.29, 0.717) is 15.7 Å². The Morgan fingerprint density at radius 2 is 1.94 bits per heavy atom. The SMILES string of the molecule is CO[C@]1(C)CC(=O)N(c2cc(Cl)cc(Cl)c2)O1. The molecule has 4 nitrogen and oxygen atoms in total. The maximum absolute atomic E-state index is 11.8. The number of ether oxygens (including phenoxy) is 1. The monoisotopic (exact) mass is 275 g/mol. The smallest absolute Gasteiger partial charge is 0.256 e. The molecule has 1 heterocycles. The fourth-order valence-corrected chi connectivity index (χ4v) is 2.10.